The summed E-state index contributed by atoms with van der Waals surface area (Å²) in [5.74, 6) is 0.733. The van der Waals surface area contributed by atoms with Crippen LogP contribution in [0, 0.1) is 5.92 Å². The predicted octanol–water partition coefficient (Wildman–Crippen LogP) is 8.94. The van der Waals surface area contributed by atoms with Gasteiger partial charge < -0.3 is 14.2 Å². The van der Waals surface area contributed by atoms with Gasteiger partial charge in [0.05, 0.1) is 6.10 Å². The van der Waals surface area contributed by atoms with Crippen molar-refractivity contribution in [1.82, 2.24) is 0 Å². The fourth-order valence-corrected chi connectivity index (χ4v) is 2.18. The Hall–Kier alpha value is -0.120. The van der Waals surface area contributed by atoms with Crippen LogP contribution in [0.4, 0.5) is 0 Å². The van der Waals surface area contributed by atoms with Gasteiger partial charge in [-0.2, -0.15) is 0 Å². The Labute approximate surface area is 187 Å². The average Bonchev–Trinajstić information content (AvgIpc) is 2.94. The lowest BCUT2D eigenvalue weighted by molar-refractivity contribution is 0.0643. The monoisotopic (exact) mass is 422 g/mol. The standard InChI is InChI=1S/C14H28O2.2C3H8.C2H6O.2C2H6/c1-3-4-5-6-10-15-12-14-8-7-13(2)16-11-9-14;3*1-3-2;2*1-2/h13-14H,3-12H2,1-2H3;2*3H2,1-2H3;1-2H3;2*1-2H3. The fraction of sp³-hybridized carbons (Fsp3) is 1.00. The Kier molecular flexibility index (Phi) is 62.7. The molecule has 3 heteroatoms. The van der Waals surface area contributed by atoms with Gasteiger partial charge in [-0.3, -0.25) is 0 Å². The van der Waals surface area contributed by atoms with Crippen LogP contribution in [-0.4, -0.2) is 40.1 Å². The molecule has 2 atom stereocenters. The van der Waals surface area contributed by atoms with E-state index in [1.807, 2.05) is 27.7 Å². The summed E-state index contributed by atoms with van der Waals surface area (Å²) in [5, 5.41) is 0. The largest absolute Gasteiger partial charge is 0.388 e. The van der Waals surface area contributed by atoms with Crippen molar-refractivity contribution in [1.29, 1.82) is 0 Å². The van der Waals surface area contributed by atoms with Gasteiger partial charge in [-0.15, -0.1) is 0 Å². The molecule has 0 amide bonds. The molecule has 0 aliphatic carbocycles. The average molecular weight is 423 g/mol. The number of hydrogen-bond donors (Lipinski definition) is 0. The van der Waals surface area contributed by atoms with Crippen LogP contribution in [0.2, 0.25) is 0 Å². The van der Waals surface area contributed by atoms with E-state index in [9.17, 15) is 0 Å². The van der Waals surface area contributed by atoms with Gasteiger partial charge in [0.15, 0.2) is 0 Å². The van der Waals surface area contributed by atoms with E-state index in [0.29, 0.717) is 6.10 Å². The Morgan fingerprint density at radius 2 is 1.24 bits per heavy atom. The number of unbranched alkanes of at least 4 members (excludes halogenated alkanes) is 3. The Morgan fingerprint density at radius 1 is 0.759 bits per heavy atom. The molecule has 1 heterocycles. The van der Waals surface area contributed by atoms with Crippen molar-refractivity contribution in [2.75, 3.05) is 34.0 Å². The fourth-order valence-electron chi connectivity index (χ4n) is 2.18. The third kappa shape index (κ3) is 52.4. The highest BCUT2D eigenvalue weighted by molar-refractivity contribution is 4.65. The minimum absolute atomic E-state index is 0.453. The maximum atomic E-state index is 5.75. The molecular weight excluding hydrogens is 360 g/mol. The van der Waals surface area contributed by atoms with Crippen LogP contribution >= 0.6 is 0 Å². The van der Waals surface area contributed by atoms with Crippen LogP contribution in [0.5, 0.6) is 0 Å². The number of rotatable bonds is 7. The van der Waals surface area contributed by atoms with Crippen LogP contribution in [0.1, 0.15) is 127 Å². The molecule has 0 saturated carbocycles. The molecular formula is C26H62O3. The van der Waals surface area contributed by atoms with E-state index in [1.165, 1.54) is 57.8 Å². The zero-order valence-corrected chi connectivity index (χ0v) is 22.9. The lowest BCUT2D eigenvalue weighted by Crippen LogP contribution is -2.10. The van der Waals surface area contributed by atoms with Crippen LogP contribution in [-0.2, 0) is 14.2 Å². The Morgan fingerprint density at radius 3 is 1.69 bits per heavy atom. The van der Waals surface area contributed by atoms with Crippen molar-refractivity contribution < 1.29 is 14.2 Å². The summed E-state index contributed by atoms with van der Waals surface area (Å²) in [6.07, 6.45) is 11.8. The molecule has 1 aliphatic heterocycles. The summed E-state index contributed by atoms with van der Waals surface area (Å²) in [6, 6.07) is 0. The topological polar surface area (TPSA) is 27.7 Å². The van der Waals surface area contributed by atoms with Gasteiger partial charge in [-0.05, 0) is 38.5 Å². The van der Waals surface area contributed by atoms with E-state index >= 15 is 0 Å². The van der Waals surface area contributed by atoms with E-state index in [2.05, 4.69) is 46.3 Å². The second-order valence-corrected chi connectivity index (χ2v) is 6.87. The molecule has 0 aromatic carbocycles. The highest BCUT2D eigenvalue weighted by atomic mass is 16.5. The zero-order valence-electron chi connectivity index (χ0n) is 22.9. The first kappa shape index (κ1) is 39.4. The molecule has 0 aromatic heterocycles. The van der Waals surface area contributed by atoms with Crippen molar-refractivity contribution in [3.05, 3.63) is 0 Å². The molecule has 0 bridgehead atoms. The summed E-state index contributed by atoms with van der Waals surface area (Å²) in [5.41, 5.74) is 0. The molecule has 1 fully saturated rings. The molecule has 29 heavy (non-hydrogen) atoms. The SMILES string of the molecule is CC.CC.CCC.CCC.CCCCCCOCC1CCOC(C)CC1.COC. The van der Waals surface area contributed by atoms with E-state index in [-0.39, 0.29) is 0 Å². The molecule has 0 spiro atoms. The smallest absolute Gasteiger partial charge is 0.0547 e. The number of methoxy groups -OCH3 is 1. The van der Waals surface area contributed by atoms with Gasteiger partial charge in [-0.25, -0.2) is 0 Å². The lowest BCUT2D eigenvalue weighted by atomic mass is 10.0. The van der Waals surface area contributed by atoms with E-state index in [4.69, 9.17) is 9.47 Å². The molecule has 0 N–H and O–H groups in total. The molecule has 1 rings (SSSR count). The number of ether oxygens (including phenoxy) is 3. The van der Waals surface area contributed by atoms with Gasteiger partial charge in [0, 0.05) is 34.0 Å². The van der Waals surface area contributed by atoms with Gasteiger partial charge in [-0.1, -0.05) is 94.4 Å². The Balaban J connectivity index is -0.000000123. The van der Waals surface area contributed by atoms with Gasteiger partial charge in [0.25, 0.3) is 0 Å². The van der Waals surface area contributed by atoms with E-state index in [1.54, 1.807) is 14.2 Å². The van der Waals surface area contributed by atoms with Gasteiger partial charge in [0.1, 0.15) is 0 Å². The third-order valence-electron chi connectivity index (χ3n) is 3.41. The number of hydrogen-bond acceptors (Lipinski definition) is 3. The second kappa shape index (κ2) is 46.2. The lowest BCUT2D eigenvalue weighted by Gasteiger charge is -2.13. The molecule has 3 nitrogen and oxygen atoms in total. The normalized spacial score (nSPS) is 17.0. The van der Waals surface area contributed by atoms with Crippen LogP contribution in [0.25, 0.3) is 0 Å². The van der Waals surface area contributed by atoms with Crippen molar-refractivity contribution in [2.45, 2.75) is 133 Å². The highest BCUT2D eigenvalue weighted by Crippen LogP contribution is 2.19. The maximum absolute atomic E-state index is 5.75. The van der Waals surface area contributed by atoms with Crippen molar-refractivity contribution >= 4 is 0 Å². The highest BCUT2D eigenvalue weighted by Gasteiger charge is 2.16. The second-order valence-electron chi connectivity index (χ2n) is 6.87. The third-order valence-corrected chi connectivity index (χ3v) is 3.41. The summed E-state index contributed by atoms with van der Waals surface area (Å²) >= 11 is 0. The van der Waals surface area contributed by atoms with E-state index in [0.717, 1.165) is 25.7 Å². The van der Waals surface area contributed by atoms with Crippen molar-refractivity contribution in [3.63, 3.8) is 0 Å². The van der Waals surface area contributed by atoms with Gasteiger partial charge >= 0.3 is 0 Å². The molecule has 1 saturated heterocycles. The summed E-state index contributed by atoms with van der Waals surface area (Å²) in [6.45, 7) is 23.7. The molecule has 1 aliphatic rings. The van der Waals surface area contributed by atoms with Crippen LogP contribution < -0.4 is 0 Å². The molecule has 184 valence electrons. The molecule has 2 unspecified atom stereocenters. The minimum Gasteiger partial charge on any atom is -0.388 e. The Bertz CT molecular complexity index is 194. The predicted molar refractivity (Wildman–Crippen MR) is 135 cm³/mol. The summed E-state index contributed by atoms with van der Waals surface area (Å²) < 4.78 is 15.6. The minimum atomic E-state index is 0.453. The molecule has 0 radical (unpaired) electrons. The van der Waals surface area contributed by atoms with Crippen molar-refractivity contribution in [2.24, 2.45) is 5.92 Å². The first-order valence-corrected chi connectivity index (χ1v) is 12.7. The van der Waals surface area contributed by atoms with Crippen molar-refractivity contribution in [3.8, 4) is 0 Å². The zero-order chi connectivity index (χ0) is 23.8. The van der Waals surface area contributed by atoms with Gasteiger partial charge in [0.2, 0.25) is 0 Å². The first-order chi connectivity index (χ1) is 14.1. The summed E-state index contributed by atoms with van der Waals surface area (Å²) in [7, 11) is 3.25. The first-order valence-electron chi connectivity index (χ1n) is 12.7. The van der Waals surface area contributed by atoms with E-state index < -0.39 is 0 Å². The summed E-state index contributed by atoms with van der Waals surface area (Å²) in [4.78, 5) is 0. The maximum Gasteiger partial charge on any atom is 0.0547 e. The van der Waals surface area contributed by atoms with Crippen LogP contribution in [0.3, 0.4) is 0 Å². The quantitative estimate of drug-likeness (QED) is 0.383. The molecule has 0 aromatic rings. The van der Waals surface area contributed by atoms with Crippen LogP contribution in [0.15, 0.2) is 0 Å².